The van der Waals surface area contributed by atoms with Crippen LogP contribution in [-0.2, 0) is 4.74 Å². The zero-order valence-electron chi connectivity index (χ0n) is 14.4. The van der Waals surface area contributed by atoms with Crippen molar-refractivity contribution in [2.24, 2.45) is 0 Å². The third kappa shape index (κ3) is 3.99. The number of morpholine rings is 1. The largest absolute Gasteiger partial charge is 0.378 e. The van der Waals surface area contributed by atoms with Gasteiger partial charge in [0.15, 0.2) is 5.78 Å². The Kier molecular flexibility index (Phi) is 5.33. The highest BCUT2D eigenvalue weighted by molar-refractivity contribution is 5.97. The smallest absolute Gasteiger partial charge is 0.320 e. The summed E-state index contributed by atoms with van der Waals surface area (Å²) in [5, 5.41) is 0. The van der Waals surface area contributed by atoms with Gasteiger partial charge in [-0.1, -0.05) is 12.1 Å². The molecular formula is C18H23N3O4. The summed E-state index contributed by atoms with van der Waals surface area (Å²) in [4.78, 5) is 41.7. The van der Waals surface area contributed by atoms with Gasteiger partial charge in [-0.2, -0.15) is 0 Å². The van der Waals surface area contributed by atoms with Crippen molar-refractivity contribution >= 4 is 17.7 Å². The lowest BCUT2D eigenvalue weighted by Crippen LogP contribution is -2.55. The van der Waals surface area contributed by atoms with Crippen molar-refractivity contribution in [2.45, 2.75) is 6.92 Å². The van der Waals surface area contributed by atoms with Crippen molar-refractivity contribution in [3.05, 3.63) is 35.4 Å². The fourth-order valence-corrected chi connectivity index (χ4v) is 3.09. The van der Waals surface area contributed by atoms with Crippen molar-refractivity contribution < 1.29 is 19.1 Å². The number of rotatable bonds is 2. The third-order valence-electron chi connectivity index (χ3n) is 4.66. The number of carbonyl (C=O) groups excluding carboxylic acids is 3. The van der Waals surface area contributed by atoms with E-state index in [9.17, 15) is 14.4 Å². The Labute approximate surface area is 147 Å². The zero-order chi connectivity index (χ0) is 17.8. The number of urea groups is 1. The molecule has 134 valence electrons. The highest BCUT2D eigenvalue weighted by Crippen LogP contribution is 2.12. The Hall–Kier alpha value is -2.41. The minimum Gasteiger partial charge on any atom is -0.378 e. The molecule has 2 aliphatic rings. The number of Topliss-reactive ketones (excluding diaryl/α,β-unsaturated/α-hetero) is 1. The van der Waals surface area contributed by atoms with Crippen LogP contribution in [0.1, 0.15) is 27.6 Å². The summed E-state index contributed by atoms with van der Waals surface area (Å²) >= 11 is 0. The summed E-state index contributed by atoms with van der Waals surface area (Å²) in [6.45, 7) is 6.02. The molecule has 0 spiro atoms. The van der Waals surface area contributed by atoms with Crippen molar-refractivity contribution in [3.8, 4) is 0 Å². The van der Waals surface area contributed by atoms with Gasteiger partial charge in [-0.25, -0.2) is 4.79 Å². The van der Waals surface area contributed by atoms with Gasteiger partial charge in [0.1, 0.15) is 0 Å². The normalized spacial score (nSPS) is 18.2. The number of benzene rings is 1. The van der Waals surface area contributed by atoms with Crippen molar-refractivity contribution in [2.75, 3.05) is 52.5 Å². The molecule has 3 amide bonds. The summed E-state index contributed by atoms with van der Waals surface area (Å²) < 4.78 is 5.27. The van der Waals surface area contributed by atoms with Crippen LogP contribution in [0, 0.1) is 0 Å². The summed E-state index contributed by atoms with van der Waals surface area (Å²) in [5.74, 6) is -0.0807. The van der Waals surface area contributed by atoms with E-state index in [0.717, 1.165) is 0 Å². The quantitative estimate of drug-likeness (QED) is 0.753. The number of hydrogen-bond donors (Lipinski definition) is 0. The second-order valence-corrected chi connectivity index (χ2v) is 6.29. The van der Waals surface area contributed by atoms with Crippen LogP contribution >= 0.6 is 0 Å². The number of amides is 3. The highest BCUT2D eigenvalue weighted by Gasteiger charge is 2.28. The van der Waals surface area contributed by atoms with Gasteiger partial charge >= 0.3 is 6.03 Å². The molecule has 0 bridgehead atoms. The maximum absolute atomic E-state index is 12.6. The standard InChI is InChI=1S/C18H23N3O4/c1-14(22)15-2-4-16(5-3-15)17(23)19-6-8-20(9-7-19)18(24)21-10-12-25-13-11-21/h2-5H,6-13H2,1H3. The van der Waals surface area contributed by atoms with E-state index in [2.05, 4.69) is 0 Å². The molecule has 2 aliphatic heterocycles. The van der Waals surface area contributed by atoms with Crippen molar-refractivity contribution in [3.63, 3.8) is 0 Å². The van der Waals surface area contributed by atoms with Crippen LogP contribution in [0.25, 0.3) is 0 Å². The lowest BCUT2D eigenvalue weighted by Gasteiger charge is -2.38. The van der Waals surface area contributed by atoms with Crippen LogP contribution in [0.3, 0.4) is 0 Å². The lowest BCUT2D eigenvalue weighted by molar-refractivity contribution is 0.0362. The van der Waals surface area contributed by atoms with Gasteiger partial charge in [0, 0.05) is 50.4 Å². The van der Waals surface area contributed by atoms with E-state index in [1.54, 1.807) is 34.1 Å². The Balaban J connectivity index is 1.55. The van der Waals surface area contributed by atoms with Gasteiger partial charge in [-0.3, -0.25) is 9.59 Å². The van der Waals surface area contributed by atoms with Crippen LogP contribution in [0.4, 0.5) is 4.79 Å². The summed E-state index contributed by atoms with van der Waals surface area (Å²) in [5.41, 5.74) is 1.16. The molecule has 25 heavy (non-hydrogen) atoms. The van der Waals surface area contributed by atoms with Gasteiger partial charge in [0.25, 0.3) is 5.91 Å². The van der Waals surface area contributed by atoms with Crippen LogP contribution in [0.2, 0.25) is 0 Å². The number of nitrogens with zero attached hydrogens (tertiary/aromatic N) is 3. The van der Waals surface area contributed by atoms with E-state index in [4.69, 9.17) is 4.74 Å². The first-order valence-electron chi connectivity index (χ1n) is 8.58. The molecule has 1 aromatic carbocycles. The van der Waals surface area contributed by atoms with E-state index in [1.807, 2.05) is 4.90 Å². The Bertz CT molecular complexity index is 645. The number of piperazine rings is 1. The van der Waals surface area contributed by atoms with E-state index in [1.165, 1.54) is 6.92 Å². The molecular weight excluding hydrogens is 322 g/mol. The first-order chi connectivity index (χ1) is 12.1. The minimum atomic E-state index is -0.0615. The molecule has 2 saturated heterocycles. The average molecular weight is 345 g/mol. The molecule has 0 saturated carbocycles. The van der Waals surface area contributed by atoms with Gasteiger partial charge in [0.05, 0.1) is 13.2 Å². The third-order valence-corrected chi connectivity index (χ3v) is 4.66. The van der Waals surface area contributed by atoms with Gasteiger partial charge in [0.2, 0.25) is 0 Å². The molecule has 2 heterocycles. The Morgan fingerprint density at radius 2 is 1.24 bits per heavy atom. The molecule has 0 unspecified atom stereocenters. The summed E-state index contributed by atoms with van der Waals surface area (Å²) in [6.07, 6.45) is 0. The second-order valence-electron chi connectivity index (χ2n) is 6.29. The molecule has 0 radical (unpaired) electrons. The van der Waals surface area contributed by atoms with Gasteiger partial charge < -0.3 is 19.4 Å². The van der Waals surface area contributed by atoms with Gasteiger partial charge in [-0.15, -0.1) is 0 Å². The lowest BCUT2D eigenvalue weighted by atomic mass is 10.1. The summed E-state index contributed by atoms with van der Waals surface area (Å²) in [7, 11) is 0. The predicted molar refractivity (Wildman–Crippen MR) is 91.7 cm³/mol. The molecule has 0 N–H and O–H groups in total. The minimum absolute atomic E-state index is 0.0192. The zero-order valence-corrected chi connectivity index (χ0v) is 14.4. The maximum atomic E-state index is 12.6. The molecule has 3 rings (SSSR count). The topological polar surface area (TPSA) is 70.2 Å². The van der Waals surface area contributed by atoms with E-state index < -0.39 is 0 Å². The van der Waals surface area contributed by atoms with Gasteiger partial charge in [-0.05, 0) is 19.1 Å². The van der Waals surface area contributed by atoms with Crippen molar-refractivity contribution in [1.82, 2.24) is 14.7 Å². The predicted octanol–water partition coefficient (Wildman–Crippen LogP) is 1.10. The van der Waals surface area contributed by atoms with E-state index in [0.29, 0.717) is 63.6 Å². The molecule has 2 fully saturated rings. The van der Waals surface area contributed by atoms with Crippen LogP contribution in [0.15, 0.2) is 24.3 Å². The Morgan fingerprint density at radius 3 is 1.80 bits per heavy atom. The molecule has 7 nitrogen and oxygen atoms in total. The molecule has 7 heteroatoms. The molecule has 0 aliphatic carbocycles. The number of carbonyl (C=O) groups is 3. The van der Waals surface area contributed by atoms with Crippen molar-refractivity contribution in [1.29, 1.82) is 0 Å². The van der Waals surface area contributed by atoms with Crippen LogP contribution in [-0.4, -0.2) is 84.9 Å². The second kappa shape index (κ2) is 7.65. The number of hydrogen-bond acceptors (Lipinski definition) is 4. The van der Waals surface area contributed by atoms with E-state index >= 15 is 0 Å². The average Bonchev–Trinajstić information content (AvgIpc) is 2.67. The maximum Gasteiger partial charge on any atom is 0.320 e. The Morgan fingerprint density at radius 1 is 0.760 bits per heavy atom. The first-order valence-corrected chi connectivity index (χ1v) is 8.58. The number of ketones is 1. The first kappa shape index (κ1) is 17.4. The summed E-state index contributed by atoms with van der Waals surface area (Å²) in [6, 6.07) is 6.75. The fourth-order valence-electron chi connectivity index (χ4n) is 3.09. The SMILES string of the molecule is CC(=O)c1ccc(C(=O)N2CCN(C(=O)N3CCOCC3)CC2)cc1. The monoisotopic (exact) mass is 345 g/mol. The number of ether oxygens (including phenoxy) is 1. The van der Waals surface area contributed by atoms with Crippen LogP contribution in [0.5, 0.6) is 0 Å². The van der Waals surface area contributed by atoms with E-state index in [-0.39, 0.29) is 17.7 Å². The fraction of sp³-hybridized carbons (Fsp3) is 0.500. The highest BCUT2D eigenvalue weighted by atomic mass is 16.5. The molecule has 0 aromatic heterocycles. The molecule has 1 aromatic rings. The molecule has 0 atom stereocenters. The van der Waals surface area contributed by atoms with Crippen LogP contribution < -0.4 is 0 Å².